The number of hydrogen-bond donors (Lipinski definition) is 1. The molecule has 3 aromatic carbocycles. The first-order chi connectivity index (χ1) is 16.4. The number of halogens is 2. The normalized spacial score (nSPS) is 15.3. The van der Waals surface area contributed by atoms with Crippen LogP contribution in [0.15, 0.2) is 84.6 Å². The molecule has 34 heavy (non-hydrogen) atoms. The van der Waals surface area contributed by atoms with Gasteiger partial charge >= 0.3 is 6.03 Å². The summed E-state index contributed by atoms with van der Waals surface area (Å²) in [7, 11) is 0. The van der Waals surface area contributed by atoms with E-state index in [-0.39, 0.29) is 5.57 Å². The van der Waals surface area contributed by atoms with Crippen molar-refractivity contribution in [3.8, 4) is 0 Å². The Kier molecular flexibility index (Phi) is 5.69. The van der Waals surface area contributed by atoms with E-state index >= 15 is 0 Å². The van der Waals surface area contributed by atoms with Gasteiger partial charge in [-0.3, -0.25) is 14.9 Å². The van der Waals surface area contributed by atoms with Crippen LogP contribution in [-0.4, -0.2) is 22.4 Å². The molecule has 6 nitrogen and oxygen atoms in total. The summed E-state index contributed by atoms with van der Waals surface area (Å²) in [5.41, 5.74) is 2.80. The highest BCUT2D eigenvalue weighted by Crippen LogP contribution is 2.28. The maximum absolute atomic E-state index is 13.2. The lowest BCUT2D eigenvalue weighted by Gasteiger charge is -2.26. The van der Waals surface area contributed by atoms with Crippen LogP contribution in [0.25, 0.3) is 17.0 Å². The number of carbonyl (C=O) groups excluding carboxylic acids is 3. The van der Waals surface area contributed by atoms with Crippen molar-refractivity contribution in [2.75, 3.05) is 4.90 Å². The van der Waals surface area contributed by atoms with Gasteiger partial charge in [0.2, 0.25) is 0 Å². The predicted octanol–water partition coefficient (Wildman–Crippen LogP) is 5.66. The Hall–Kier alpha value is -3.87. The summed E-state index contributed by atoms with van der Waals surface area (Å²) < 4.78 is 2.01. The number of benzene rings is 3. The molecule has 0 aliphatic carbocycles. The minimum atomic E-state index is -0.777. The first-order valence-corrected chi connectivity index (χ1v) is 11.2. The fraction of sp³-hybridized carbons (Fsp3) is 0.0385. The zero-order valence-corrected chi connectivity index (χ0v) is 19.2. The molecular formula is C26H17Cl2N3O3. The zero-order valence-electron chi connectivity index (χ0n) is 17.7. The monoisotopic (exact) mass is 489 g/mol. The molecule has 1 aliphatic rings. The molecule has 1 N–H and O–H groups in total. The topological polar surface area (TPSA) is 71.4 Å². The molecule has 0 unspecified atom stereocenters. The van der Waals surface area contributed by atoms with Crippen LogP contribution in [0.4, 0.5) is 10.5 Å². The molecular weight excluding hydrogens is 473 g/mol. The maximum Gasteiger partial charge on any atom is 0.335 e. The van der Waals surface area contributed by atoms with Gasteiger partial charge < -0.3 is 4.57 Å². The summed E-state index contributed by atoms with van der Waals surface area (Å²) in [6.07, 6.45) is 3.39. The Morgan fingerprint density at radius 1 is 0.853 bits per heavy atom. The number of amides is 4. The van der Waals surface area contributed by atoms with Gasteiger partial charge in [0.25, 0.3) is 11.8 Å². The van der Waals surface area contributed by atoms with Crippen LogP contribution in [0.5, 0.6) is 0 Å². The number of carbonyl (C=O) groups is 3. The third kappa shape index (κ3) is 3.98. The molecule has 0 radical (unpaired) electrons. The van der Waals surface area contributed by atoms with Crippen LogP contribution in [0.2, 0.25) is 10.0 Å². The minimum absolute atomic E-state index is 0.124. The Labute approximate surface area is 205 Å². The quantitative estimate of drug-likeness (QED) is 0.296. The number of aromatic nitrogens is 1. The second kappa shape index (κ2) is 8.82. The number of urea groups is 1. The minimum Gasteiger partial charge on any atom is -0.342 e. The van der Waals surface area contributed by atoms with Crippen molar-refractivity contribution >= 4 is 63.7 Å². The molecule has 5 rings (SSSR count). The summed E-state index contributed by atoms with van der Waals surface area (Å²) in [6, 6.07) is 20.8. The van der Waals surface area contributed by atoms with Gasteiger partial charge in [0.05, 0.1) is 15.7 Å². The summed E-state index contributed by atoms with van der Waals surface area (Å²) >= 11 is 12.2. The van der Waals surface area contributed by atoms with Gasteiger partial charge in [0.1, 0.15) is 5.57 Å². The smallest absolute Gasteiger partial charge is 0.335 e. The van der Waals surface area contributed by atoms with Gasteiger partial charge in [-0.25, -0.2) is 9.69 Å². The van der Waals surface area contributed by atoms with Crippen LogP contribution in [-0.2, 0) is 16.1 Å². The molecule has 1 aromatic heterocycles. The van der Waals surface area contributed by atoms with Gasteiger partial charge in [0.15, 0.2) is 0 Å². The lowest BCUT2D eigenvalue weighted by molar-refractivity contribution is -0.122. The van der Waals surface area contributed by atoms with Crippen molar-refractivity contribution in [3.63, 3.8) is 0 Å². The molecule has 0 spiro atoms. The molecule has 0 bridgehead atoms. The average molecular weight is 490 g/mol. The Balaban J connectivity index is 1.57. The summed E-state index contributed by atoms with van der Waals surface area (Å²) in [5, 5.41) is 4.06. The van der Waals surface area contributed by atoms with Crippen molar-refractivity contribution < 1.29 is 14.4 Å². The van der Waals surface area contributed by atoms with Gasteiger partial charge in [-0.2, -0.15) is 0 Å². The van der Waals surface area contributed by atoms with E-state index in [1.807, 2.05) is 41.1 Å². The average Bonchev–Trinajstić information content (AvgIpc) is 3.17. The van der Waals surface area contributed by atoms with E-state index in [0.29, 0.717) is 27.8 Å². The third-order valence-corrected chi connectivity index (χ3v) is 6.31. The summed E-state index contributed by atoms with van der Waals surface area (Å²) in [5.74, 6) is -1.41. The fourth-order valence-electron chi connectivity index (χ4n) is 3.98. The van der Waals surface area contributed by atoms with Crippen LogP contribution in [0.1, 0.15) is 11.1 Å². The second-order valence-electron chi connectivity index (χ2n) is 7.77. The number of barbiturate groups is 1. The molecule has 0 saturated carbocycles. The van der Waals surface area contributed by atoms with Gasteiger partial charge in [-0.15, -0.1) is 0 Å². The molecule has 1 fully saturated rings. The van der Waals surface area contributed by atoms with E-state index in [2.05, 4.69) is 5.32 Å². The fourth-order valence-corrected chi connectivity index (χ4v) is 4.30. The van der Waals surface area contributed by atoms with Crippen molar-refractivity contribution in [1.29, 1.82) is 0 Å². The third-order valence-electron chi connectivity index (χ3n) is 5.57. The van der Waals surface area contributed by atoms with Crippen LogP contribution in [0.3, 0.4) is 0 Å². The van der Waals surface area contributed by atoms with E-state index in [1.54, 1.807) is 42.5 Å². The highest BCUT2D eigenvalue weighted by Gasteiger charge is 2.36. The largest absolute Gasteiger partial charge is 0.342 e. The van der Waals surface area contributed by atoms with Crippen molar-refractivity contribution in [3.05, 3.63) is 106 Å². The number of nitrogens with zero attached hydrogens (tertiary/aromatic N) is 2. The van der Waals surface area contributed by atoms with E-state index in [9.17, 15) is 14.4 Å². The molecule has 1 aliphatic heterocycles. The molecule has 2 heterocycles. The van der Waals surface area contributed by atoms with E-state index in [4.69, 9.17) is 23.2 Å². The number of para-hydroxylation sites is 2. The van der Waals surface area contributed by atoms with E-state index in [0.717, 1.165) is 21.4 Å². The highest BCUT2D eigenvalue weighted by molar-refractivity contribution is 6.42. The summed E-state index contributed by atoms with van der Waals surface area (Å²) in [4.78, 5) is 39.2. The number of hydrogen-bond acceptors (Lipinski definition) is 3. The zero-order chi connectivity index (χ0) is 23.8. The van der Waals surface area contributed by atoms with Crippen LogP contribution >= 0.6 is 23.2 Å². The van der Waals surface area contributed by atoms with Crippen LogP contribution in [0, 0.1) is 0 Å². The Morgan fingerprint density at radius 3 is 2.35 bits per heavy atom. The Morgan fingerprint density at radius 2 is 1.59 bits per heavy atom. The standard InChI is InChI=1S/C26H17Cl2N3O3/c27-21-11-10-16(12-22(21)28)14-30-15-17(19-8-4-5-9-23(19)30)13-20-24(32)29-26(34)31(25(20)33)18-6-2-1-3-7-18/h1-13,15H,14H2,(H,29,32,34)/b20-13+. The first-order valence-electron chi connectivity index (χ1n) is 10.4. The van der Waals surface area contributed by atoms with Crippen molar-refractivity contribution in [2.45, 2.75) is 6.54 Å². The molecule has 0 atom stereocenters. The van der Waals surface area contributed by atoms with E-state index < -0.39 is 17.8 Å². The maximum atomic E-state index is 13.2. The second-order valence-corrected chi connectivity index (χ2v) is 8.59. The predicted molar refractivity (Wildman–Crippen MR) is 133 cm³/mol. The van der Waals surface area contributed by atoms with Crippen molar-refractivity contribution in [2.24, 2.45) is 0 Å². The SMILES string of the molecule is O=C1NC(=O)N(c2ccccc2)C(=O)/C1=C/c1cn(Cc2ccc(Cl)c(Cl)c2)c2ccccc12. The van der Waals surface area contributed by atoms with E-state index in [1.165, 1.54) is 6.08 Å². The Bertz CT molecular complexity index is 1490. The molecule has 4 amide bonds. The van der Waals surface area contributed by atoms with Gasteiger partial charge in [-0.1, -0.05) is 65.7 Å². The number of nitrogens with one attached hydrogen (secondary N) is 1. The molecule has 168 valence electrons. The molecule has 8 heteroatoms. The first kappa shape index (κ1) is 21.9. The lowest BCUT2D eigenvalue weighted by Crippen LogP contribution is -2.54. The molecule has 1 saturated heterocycles. The summed E-state index contributed by atoms with van der Waals surface area (Å²) in [6.45, 7) is 0.509. The lowest BCUT2D eigenvalue weighted by atomic mass is 10.1. The van der Waals surface area contributed by atoms with Crippen LogP contribution < -0.4 is 10.2 Å². The van der Waals surface area contributed by atoms with Crippen molar-refractivity contribution in [1.82, 2.24) is 9.88 Å². The van der Waals surface area contributed by atoms with Gasteiger partial charge in [0, 0.05) is 29.2 Å². The molecule has 4 aromatic rings. The number of anilines is 1. The number of imide groups is 2. The number of fused-ring (bicyclic) bond motifs is 1. The van der Waals surface area contributed by atoms with Gasteiger partial charge in [-0.05, 0) is 42.0 Å². The number of rotatable bonds is 4. The highest BCUT2D eigenvalue weighted by atomic mass is 35.5.